The number of carbonyl (C=O) groups is 1. The van der Waals surface area contributed by atoms with Gasteiger partial charge in [0.05, 0.1) is 30.1 Å². The van der Waals surface area contributed by atoms with Gasteiger partial charge < -0.3 is 15.8 Å². The standard InChI is InChI=1S/C23H28N4O2/c1-14-8-9-20(23(14,2)3)26-21-18(22(24)28)12-25-27-13-16(11-19(21)27)15-6-5-7-17(10-15)29-4/h5-7,10-14,20,26H,8-9H2,1-4H3,(H2,24,28)/t14?,20-/m1/s1. The zero-order valence-electron chi connectivity index (χ0n) is 17.4. The molecule has 0 bridgehead atoms. The molecule has 1 saturated carbocycles. The Balaban J connectivity index is 1.82. The highest BCUT2D eigenvalue weighted by Crippen LogP contribution is 2.44. The molecule has 0 radical (unpaired) electrons. The SMILES string of the molecule is COc1cccc(-c2cc3c(N[C@@H]4CCC(C)C4(C)C)c(C(N)=O)cnn3c2)c1. The number of benzene rings is 1. The number of primary amides is 1. The molecule has 1 amide bonds. The molecule has 6 heteroatoms. The van der Waals surface area contributed by atoms with Crippen LogP contribution in [0.15, 0.2) is 42.7 Å². The van der Waals surface area contributed by atoms with Crippen LogP contribution >= 0.6 is 0 Å². The second-order valence-electron chi connectivity index (χ2n) is 8.58. The highest BCUT2D eigenvalue weighted by Gasteiger charge is 2.41. The molecule has 2 aromatic heterocycles. The molecular weight excluding hydrogens is 364 g/mol. The van der Waals surface area contributed by atoms with Crippen molar-refractivity contribution in [3.8, 4) is 16.9 Å². The topological polar surface area (TPSA) is 81.6 Å². The number of fused-ring (bicyclic) bond motifs is 1. The normalized spacial score (nSPS) is 20.7. The third-order valence-corrected chi connectivity index (χ3v) is 6.68. The fourth-order valence-corrected chi connectivity index (χ4v) is 4.29. The van der Waals surface area contributed by atoms with E-state index in [2.05, 4.69) is 31.2 Å². The van der Waals surface area contributed by atoms with Crippen LogP contribution in [0.25, 0.3) is 16.6 Å². The van der Waals surface area contributed by atoms with E-state index in [-0.39, 0.29) is 11.5 Å². The Kier molecular flexibility index (Phi) is 4.73. The average molecular weight is 393 g/mol. The van der Waals surface area contributed by atoms with E-state index >= 15 is 0 Å². The van der Waals surface area contributed by atoms with E-state index in [1.807, 2.05) is 36.5 Å². The first-order valence-corrected chi connectivity index (χ1v) is 10.0. The first-order chi connectivity index (χ1) is 13.8. The number of nitrogens with zero attached hydrogens (tertiary/aromatic N) is 2. The van der Waals surface area contributed by atoms with Crippen molar-refractivity contribution in [1.82, 2.24) is 9.61 Å². The van der Waals surface area contributed by atoms with Crippen molar-refractivity contribution >= 4 is 17.1 Å². The number of anilines is 1. The number of hydrogen-bond acceptors (Lipinski definition) is 4. The number of rotatable bonds is 5. The summed E-state index contributed by atoms with van der Waals surface area (Å²) in [6.07, 6.45) is 5.74. The van der Waals surface area contributed by atoms with Gasteiger partial charge in [-0.15, -0.1) is 0 Å². The average Bonchev–Trinajstić information content (AvgIpc) is 3.24. The molecule has 2 atom stereocenters. The van der Waals surface area contributed by atoms with Crippen LogP contribution in [-0.4, -0.2) is 28.7 Å². The van der Waals surface area contributed by atoms with Crippen LogP contribution in [-0.2, 0) is 0 Å². The molecule has 3 N–H and O–H groups in total. The molecule has 0 saturated heterocycles. The van der Waals surface area contributed by atoms with Gasteiger partial charge in [0, 0.05) is 17.8 Å². The maximum Gasteiger partial charge on any atom is 0.252 e. The number of nitrogens with two attached hydrogens (primary N) is 1. The molecule has 152 valence electrons. The number of methoxy groups -OCH3 is 1. The first-order valence-electron chi connectivity index (χ1n) is 10.0. The number of aromatic nitrogens is 2. The van der Waals surface area contributed by atoms with Crippen molar-refractivity contribution in [2.45, 2.75) is 39.7 Å². The molecule has 1 aliphatic carbocycles. The summed E-state index contributed by atoms with van der Waals surface area (Å²) < 4.78 is 7.15. The molecule has 6 nitrogen and oxygen atoms in total. The molecule has 1 fully saturated rings. The van der Waals surface area contributed by atoms with Crippen molar-refractivity contribution in [3.63, 3.8) is 0 Å². The van der Waals surface area contributed by atoms with Crippen LogP contribution in [0.5, 0.6) is 5.75 Å². The van der Waals surface area contributed by atoms with Crippen molar-refractivity contribution in [1.29, 1.82) is 0 Å². The molecule has 4 rings (SSSR count). The summed E-state index contributed by atoms with van der Waals surface area (Å²) >= 11 is 0. The first kappa shape index (κ1) is 19.3. The second-order valence-corrected chi connectivity index (χ2v) is 8.58. The van der Waals surface area contributed by atoms with Crippen LogP contribution in [0.2, 0.25) is 0 Å². The summed E-state index contributed by atoms with van der Waals surface area (Å²) in [5, 5.41) is 8.08. The number of amides is 1. The monoisotopic (exact) mass is 392 g/mol. The van der Waals surface area contributed by atoms with Crippen molar-refractivity contribution in [2.24, 2.45) is 17.1 Å². The number of ether oxygens (including phenoxy) is 1. The van der Waals surface area contributed by atoms with Crippen molar-refractivity contribution in [2.75, 3.05) is 12.4 Å². The van der Waals surface area contributed by atoms with E-state index in [0.717, 1.165) is 40.9 Å². The van der Waals surface area contributed by atoms with Gasteiger partial charge in [-0.3, -0.25) is 4.79 Å². The molecule has 2 heterocycles. The molecule has 3 aromatic rings. The predicted molar refractivity (Wildman–Crippen MR) is 115 cm³/mol. The third kappa shape index (κ3) is 3.33. The lowest BCUT2D eigenvalue weighted by Crippen LogP contribution is -2.35. The summed E-state index contributed by atoms with van der Waals surface area (Å²) in [6, 6.07) is 10.2. The van der Waals surface area contributed by atoms with E-state index < -0.39 is 5.91 Å². The zero-order chi connectivity index (χ0) is 20.8. The quantitative estimate of drug-likeness (QED) is 0.676. The lowest BCUT2D eigenvalue weighted by Gasteiger charge is -2.33. The lowest BCUT2D eigenvalue weighted by molar-refractivity contribution is 0.100. The molecular formula is C23H28N4O2. The number of carbonyl (C=O) groups excluding carboxylic acids is 1. The Morgan fingerprint density at radius 1 is 1.28 bits per heavy atom. The minimum Gasteiger partial charge on any atom is -0.497 e. The van der Waals surface area contributed by atoms with Gasteiger partial charge in [0.2, 0.25) is 0 Å². The van der Waals surface area contributed by atoms with Gasteiger partial charge in [-0.05, 0) is 47.9 Å². The van der Waals surface area contributed by atoms with E-state index in [0.29, 0.717) is 11.5 Å². The Bertz CT molecular complexity index is 1070. The molecule has 1 unspecified atom stereocenters. The summed E-state index contributed by atoms with van der Waals surface area (Å²) in [7, 11) is 1.66. The molecule has 0 aliphatic heterocycles. The zero-order valence-corrected chi connectivity index (χ0v) is 17.4. The maximum absolute atomic E-state index is 12.1. The van der Waals surface area contributed by atoms with Crippen LogP contribution in [0.4, 0.5) is 5.69 Å². The minimum atomic E-state index is -0.476. The predicted octanol–water partition coefficient (Wildman–Crippen LogP) is 4.35. The highest BCUT2D eigenvalue weighted by atomic mass is 16.5. The minimum absolute atomic E-state index is 0.122. The lowest BCUT2D eigenvalue weighted by atomic mass is 9.80. The third-order valence-electron chi connectivity index (χ3n) is 6.68. The van der Waals surface area contributed by atoms with Crippen molar-refractivity contribution in [3.05, 3.63) is 48.3 Å². The van der Waals surface area contributed by atoms with Crippen LogP contribution in [0.1, 0.15) is 44.0 Å². The van der Waals surface area contributed by atoms with Gasteiger partial charge in [-0.1, -0.05) is 32.9 Å². The highest BCUT2D eigenvalue weighted by molar-refractivity contribution is 6.02. The Morgan fingerprint density at radius 3 is 2.72 bits per heavy atom. The Labute approximate surface area is 171 Å². The summed E-state index contributed by atoms with van der Waals surface area (Å²) in [5.41, 5.74) is 9.85. The molecule has 29 heavy (non-hydrogen) atoms. The van der Waals surface area contributed by atoms with Crippen LogP contribution in [0.3, 0.4) is 0 Å². The van der Waals surface area contributed by atoms with E-state index in [1.165, 1.54) is 0 Å². The van der Waals surface area contributed by atoms with Gasteiger partial charge >= 0.3 is 0 Å². The van der Waals surface area contributed by atoms with Crippen LogP contribution in [0, 0.1) is 11.3 Å². The maximum atomic E-state index is 12.1. The van der Waals surface area contributed by atoms with Gasteiger partial charge in [0.25, 0.3) is 5.91 Å². The molecule has 1 aromatic carbocycles. The van der Waals surface area contributed by atoms with E-state index in [1.54, 1.807) is 17.8 Å². The summed E-state index contributed by atoms with van der Waals surface area (Å²) in [5.74, 6) is 0.924. The molecule has 0 spiro atoms. The van der Waals surface area contributed by atoms with Crippen LogP contribution < -0.4 is 15.8 Å². The van der Waals surface area contributed by atoms with Gasteiger partial charge in [0.15, 0.2) is 0 Å². The fourth-order valence-electron chi connectivity index (χ4n) is 4.29. The molecule has 1 aliphatic rings. The second kappa shape index (κ2) is 7.10. The Morgan fingerprint density at radius 2 is 2.07 bits per heavy atom. The smallest absolute Gasteiger partial charge is 0.252 e. The largest absolute Gasteiger partial charge is 0.497 e. The van der Waals surface area contributed by atoms with Gasteiger partial charge in [0.1, 0.15) is 5.75 Å². The fraction of sp³-hybridized carbons (Fsp3) is 0.391. The number of nitrogens with one attached hydrogen (secondary N) is 1. The summed E-state index contributed by atoms with van der Waals surface area (Å²) in [6.45, 7) is 6.85. The summed E-state index contributed by atoms with van der Waals surface area (Å²) in [4.78, 5) is 12.1. The van der Waals surface area contributed by atoms with Crippen molar-refractivity contribution < 1.29 is 9.53 Å². The van der Waals surface area contributed by atoms with E-state index in [9.17, 15) is 4.79 Å². The van der Waals surface area contributed by atoms with Gasteiger partial charge in [-0.25, -0.2) is 4.52 Å². The number of hydrogen-bond donors (Lipinski definition) is 2. The van der Waals surface area contributed by atoms with E-state index in [4.69, 9.17) is 10.5 Å². The van der Waals surface area contributed by atoms with Gasteiger partial charge in [-0.2, -0.15) is 5.10 Å². The Hall–Kier alpha value is -3.02.